The monoisotopic (exact) mass is 282 g/mol. The third-order valence-corrected chi connectivity index (χ3v) is 3.55. The first-order valence-corrected chi connectivity index (χ1v) is 6.93. The number of methoxy groups -OCH3 is 2. The molecule has 2 aromatic carbocycles. The molecule has 1 aliphatic heterocycles. The number of amidine groups is 1. The molecule has 0 atom stereocenters. The van der Waals surface area contributed by atoms with E-state index in [2.05, 4.69) is 22.0 Å². The van der Waals surface area contributed by atoms with Crippen LogP contribution in [0.5, 0.6) is 11.5 Å². The predicted molar refractivity (Wildman–Crippen MR) is 84.7 cm³/mol. The first-order chi connectivity index (χ1) is 10.3. The summed E-state index contributed by atoms with van der Waals surface area (Å²) in [5.74, 6) is 2.47. The van der Waals surface area contributed by atoms with E-state index in [0.29, 0.717) is 0 Å². The van der Waals surface area contributed by atoms with Gasteiger partial charge in [0.05, 0.1) is 20.8 Å². The molecule has 0 saturated heterocycles. The molecule has 3 rings (SSSR count). The van der Waals surface area contributed by atoms with Crippen LogP contribution in [0, 0.1) is 0 Å². The van der Waals surface area contributed by atoms with Gasteiger partial charge in [-0.2, -0.15) is 0 Å². The van der Waals surface area contributed by atoms with Crippen molar-refractivity contribution in [1.29, 1.82) is 0 Å². The molecular formula is C17H18N2O2. The molecule has 4 heteroatoms. The lowest BCUT2D eigenvalue weighted by Gasteiger charge is -2.22. The van der Waals surface area contributed by atoms with E-state index < -0.39 is 0 Å². The molecular weight excluding hydrogens is 264 g/mol. The number of benzene rings is 2. The minimum Gasteiger partial charge on any atom is -0.493 e. The highest BCUT2D eigenvalue weighted by Crippen LogP contribution is 2.32. The highest BCUT2D eigenvalue weighted by atomic mass is 16.5. The fraction of sp³-hybridized carbons (Fsp3) is 0.235. The summed E-state index contributed by atoms with van der Waals surface area (Å²) >= 11 is 0. The van der Waals surface area contributed by atoms with Gasteiger partial charge in [-0.05, 0) is 12.1 Å². The van der Waals surface area contributed by atoms with E-state index in [4.69, 9.17) is 9.47 Å². The molecule has 0 aromatic heterocycles. The molecule has 0 fully saturated rings. The van der Waals surface area contributed by atoms with E-state index in [-0.39, 0.29) is 0 Å². The molecule has 0 bridgehead atoms. The summed E-state index contributed by atoms with van der Waals surface area (Å²) in [6, 6.07) is 16.2. The van der Waals surface area contributed by atoms with Crippen LogP contribution in [0.4, 0.5) is 5.69 Å². The van der Waals surface area contributed by atoms with Gasteiger partial charge in [0.15, 0.2) is 11.5 Å². The smallest absolute Gasteiger partial charge is 0.162 e. The molecule has 0 spiro atoms. The Balaban J connectivity index is 1.95. The number of rotatable bonds is 4. The van der Waals surface area contributed by atoms with E-state index >= 15 is 0 Å². The van der Waals surface area contributed by atoms with Crippen LogP contribution in [0.25, 0.3) is 0 Å². The van der Waals surface area contributed by atoms with Crippen molar-refractivity contribution in [2.45, 2.75) is 0 Å². The van der Waals surface area contributed by atoms with E-state index in [9.17, 15) is 0 Å². The van der Waals surface area contributed by atoms with E-state index in [1.54, 1.807) is 14.2 Å². The Kier molecular flexibility index (Phi) is 3.77. The van der Waals surface area contributed by atoms with Gasteiger partial charge in [-0.15, -0.1) is 0 Å². The topological polar surface area (TPSA) is 34.1 Å². The molecule has 4 nitrogen and oxygen atoms in total. The molecule has 1 aliphatic rings. The van der Waals surface area contributed by atoms with E-state index in [1.165, 1.54) is 0 Å². The van der Waals surface area contributed by atoms with Crippen molar-refractivity contribution in [1.82, 2.24) is 0 Å². The summed E-state index contributed by atoms with van der Waals surface area (Å²) < 4.78 is 10.7. The summed E-state index contributed by atoms with van der Waals surface area (Å²) in [5, 5.41) is 0. The molecule has 0 saturated carbocycles. The molecule has 0 amide bonds. The molecule has 0 radical (unpaired) electrons. The van der Waals surface area contributed by atoms with Gasteiger partial charge in [0.1, 0.15) is 5.84 Å². The maximum atomic E-state index is 5.39. The molecule has 108 valence electrons. The fourth-order valence-corrected chi connectivity index (χ4v) is 2.53. The van der Waals surface area contributed by atoms with Gasteiger partial charge < -0.3 is 14.4 Å². The Morgan fingerprint density at radius 1 is 0.952 bits per heavy atom. The van der Waals surface area contributed by atoms with Crippen LogP contribution in [-0.2, 0) is 0 Å². The summed E-state index contributed by atoms with van der Waals surface area (Å²) in [6.45, 7) is 1.68. The Hall–Kier alpha value is -2.49. The van der Waals surface area contributed by atoms with Gasteiger partial charge in [0.2, 0.25) is 0 Å². The number of aliphatic imine (C=N–C) groups is 1. The van der Waals surface area contributed by atoms with Gasteiger partial charge in [0, 0.05) is 23.9 Å². The highest BCUT2D eigenvalue weighted by Gasteiger charge is 2.21. The minimum atomic E-state index is 0.731. The summed E-state index contributed by atoms with van der Waals surface area (Å²) in [4.78, 5) is 6.84. The third kappa shape index (κ3) is 2.57. The maximum absolute atomic E-state index is 5.39. The highest BCUT2D eigenvalue weighted by molar-refractivity contribution is 6.11. The number of ether oxygens (including phenoxy) is 2. The van der Waals surface area contributed by atoms with E-state index in [1.807, 2.05) is 36.4 Å². The van der Waals surface area contributed by atoms with Crippen molar-refractivity contribution in [3.8, 4) is 11.5 Å². The van der Waals surface area contributed by atoms with Crippen molar-refractivity contribution in [2.24, 2.45) is 4.99 Å². The molecule has 0 aliphatic carbocycles. The summed E-state index contributed by atoms with van der Waals surface area (Å²) in [5.41, 5.74) is 2.19. The van der Waals surface area contributed by atoms with Gasteiger partial charge >= 0.3 is 0 Å². The Morgan fingerprint density at radius 2 is 1.71 bits per heavy atom. The average molecular weight is 282 g/mol. The SMILES string of the molecule is COc1ccc(N2CCN=C2c2ccccc2)cc1OC. The predicted octanol–water partition coefficient (Wildman–Crippen LogP) is 2.97. The van der Waals surface area contributed by atoms with Crippen LogP contribution >= 0.6 is 0 Å². The number of anilines is 1. The second-order valence-electron chi connectivity index (χ2n) is 4.76. The fourth-order valence-electron chi connectivity index (χ4n) is 2.53. The van der Waals surface area contributed by atoms with Gasteiger partial charge in [-0.1, -0.05) is 30.3 Å². The van der Waals surface area contributed by atoms with Crippen molar-refractivity contribution in [2.75, 3.05) is 32.2 Å². The molecule has 1 heterocycles. The van der Waals surface area contributed by atoms with Crippen molar-refractivity contribution >= 4 is 11.5 Å². The van der Waals surface area contributed by atoms with Gasteiger partial charge in [0.25, 0.3) is 0 Å². The van der Waals surface area contributed by atoms with Crippen molar-refractivity contribution in [3.63, 3.8) is 0 Å². The van der Waals surface area contributed by atoms with Crippen LogP contribution in [0.2, 0.25) is 0 Å². The van der Waals surface area contributed by atoms with Crippen molar-refractivity contribution in [3.05, 3.63) is 54.1 Å². The lowest BCUT2D eigenvalue weighted by molar-refractivity contribution is 0.355. The lowest BCUT2D eigenvalue weighted by Crippen LogP contribution is -2.28. The van der Waals surface area contributed by atoms with Gasteiger partial charge in [-0.3, -0.25) is 4.99 Å². The number of nitrogens with zero attached hydrogens (tertiary/aromatic N) is 2. The quantitative estimate of drug-likeness (QED) is 0.864. The Morgan fingerprint density at radius 3 is 2.43 bits per heavy atom. The van der Waals surface area contributed by atoms with Crippen molar-refractivity contribution < 1.29 is 9.47 Å². The van der Waals surface area contributed by atoms with Gasteiger partial charge in [-0.25, -0.2) is 0 Å². The largest absolute Gasteiger partial charge is 0.493 e. The third-order valence-electron chi connectivity index (χ3n) is 3.55. The normalized spacial score (nSPS) is 14.0. The number of hydrogen-bond acceptors (Lipinski definition) is 4. The first kappa shape index (κ1) is 13.5. The zero-order valence-corrected chi connectivity index (χ0v) is 12.2. The van der Waals surface area contributed by atoms with Crippen LogP contribution < -0.4 is 14.4 Å². The zero-order valence-electron chi connectivity index (χ0n) is 12.2. The van der Waals surface area contributed by atoms with Crippen LogP contribution in [0.15, 0.2) is 53.5 Å². The number of hydrogen-bond donors (Lipinski definition) is 0. The second kappa shape index (κ2) is 5.87. The summed E-state index contributed by atoms with van der Waals surface area (Å²) in [6.07, 6.45) is 0. The standard InChI is InChI=1S/C17H18N2O2/c1-20-15-9-8-14(12-16(15)21-2)19-11-10-18-17(19)13-6-4-3-5-7-13/h3-9,12H,10-11H2,1-2H3. The molecule has 2 aromatic rings. The van der Waals surface area contributed by atoms with Crippen LogP contribution in [-0.4, -0.2) is 33.1 Å². The molecule has 21 heavy (non-hydrogen) atoms. The Labute approximate surface area is 124 Å². The van der Waals surface area contributed by atoms with Crippen LogP contribution in [0.1, 0.15) is 5.56 Å². The lowest BCUT2D eigenvalue weighted by atomic mass is 10.1. The molecule has 0 unspecified atom stereocenters. The zero-order chi connectivity index (χ0) is 14.7. The summed E-state index contributed by atoms with van der Waals surface area (Å²) in [7, 11) is 3.29. The molecule has 0 N–H and O–H groups in total. The minimum absolute atomic E-state index is 0.731. The Bertz CT molecular complexity index is 653. The second-order valence-corrected chi connectivity index (χ2v) is 4.76. The maximum Gasteiger partial charge on any atom is 0.162 e. The first-order valence-electron chi connectivity index (χ1n) is 6.93. The van der Waals surface area contributed by atoms with Crippen LogP contribution in [0.3, 0.4) is 0 Å². The van der Waals surface area contributed by atoms with E-state index in [0.717, 1.165) is 41.7 Å². The average Bonchev–Trinajstić information content (AvgIpc) is 3.04.